The van der Waals surface area contributed by atoms with E-state index in [1.54, 1.807) is 12.1 Å². The predicted molar refractivity (Wildman–Crippen MR) is 60.0 cm³/mol. The monoisotopic (exact) mass is 230 g/mol. The summed E-state index contributed by atoms with van der Waals surface area (Å²) in [4.78, 5) is 0.785. The van der Waals surface area contributed by atoms with E-state index in [2.05, 4.69) is 0 Å². The first kappa shape index (κ1) is 12.3. The maximum absolute atomic E-state index is 13.3. The Bertz CT molecular complexity index is 339. The normalized spacial score (nSPS) is 11.5. The summed E-state index contributed by atoms with van der Waals surface area (Å²) in [5, 5.41) is 9.09. The number of aliphatic hydroxyl groups excluding tert-OH is 1. The second kappa shape index (κ2) is 4.86. The molecule has 1 rings (SSSR count). The molecule has 0 amide bonds. The molecule has 84 valence electrons. The van der Waals surface area contributed by atoms with Crippen LogP contribution in [0, 0.1) is 5.82 Å². The van der Waals surface area contributed by atoms with Crippen LogP contribution in [0.25, 0.3) is 0 Å². The van der Waals surface area contributed by atoms with Crippen LogP contribution in [0.4, 0.5) is 4.39 Å². The zero-order valence-corrected chi connectivity index (χ0v) is 9.90. The van der Waals surface area contributed by atoms with Gasteiger partial charge in [-0.3, -0.25) is 0 Å². The Hall–Kier alpha value is -0.740. The molecule has 0 aromatic heterocycles. The number of aliphatic hydroxyl groups is 1. The highest BCUT2D eigenvalue weighted by Gasteiger charge is 2.18. The van der Waals surface area contributed by atoms with Crippen LogP contribution in [-0.4, -0.2) is 23.6 Å². The Labute approximate surface area is 93.5 Å². The highest BCUT2D eigenvalue weighted by molar-refractivity contribution is 8.00. The van der Waals surface area contributed by atoms with Crippen LogP contribution in [0.5, 0.6) is 5.75 Å². The van der Waals surface area contributed by atoms with Crippen LogP contribution < -0.4 is 4.74 Å². The Balaban J connectivity index is 2.84. The third kappa shape index (κ3) is 3.39. The number of thioether (sulfide) groups is 1. The zero-order valence-electron chi connectivity index (χ0n) is 9.08. The van der Waals surface area contributed by atoms with Gasteiger partial charge >= 0.3 is 0 Å². The van der Waals surface area contributed by atoms with E-state index in [-0.39, 0.29) is 22.9 Å². The molecular weight excluding hydrogens is 215 g/mol. The van der Waals surface area contributed by atoms with E-state index in [0.29, 0.717) is 0 Å². The molecule has 0 heterocycles. The number of benzene rings is 1. The Morgan fingerprint density at radius 3 is 2.60 bits per heavy atom. The van der Waals surface area contributed by atoms with Gasteiger partial charge in [0, 0.05) is 9.64 Å². The van der Waals surface area contributed by atoms with Crippen LogP contribution in [0.15, 0.2) is 23.1 Å². The van der Waals surface area contributed by atoms with E-state index < -0.39 is 0 Å². The molecule has 4 heteroatoms. The molecule has 2 nitrogen and oxygen atoms in total. The second-order valence-corrected chi connectivity index (χ2v) is 5.60. The lowest BCUT2D eigenvalue weighted by atomic mass is 10.2. The summed E-state index contributed by atoms with van der Waals surface area (Å²) in [6.45, 7) is 3.85. The molecule has 15 heavy (non-hydrogen) atoms. The summed E-state index contributed by atoms with van der Waals surface area (Å²) in [7, 11) is 1.43. The van der Waals surface area contributed by atoms with Gasteiger partial charge < -0.3 is 9.84 Å². The molecular formula is C11H15FO2S. The van der Waals surface area contributed by atoms with Crippen molar-refractivity contribution in [1.29, 1.82) is 0 Å². The van der Waals surface area contributed by atoms with Gasteiger partial charge in [-0.2, -0.15) is 0 Å². The number of ether oxygens (including phenoxy) is 1. The van der Waals surface area contributed by atoms with Crippen LogP contribution in [-0.2, 0) is 0 Å². The fraction of sp³-hybridized carbons (Fsp3) is 0.455. The molecule has 0 bridgehead atoms. The van der Waals surface area contributed by atoms with E-state index in [9.17, 15) is 4.39 Å². The van der Waals surface area contributed by atoms with Crippen molar-refractivity contribution < 1.29 is 14.2 Å². The van der Waals surface area contributed by atoms with Gasteiger partial charge in [-0.15, -0.1) is 11.8 Å². The Morgan fingerprint density at radius 2 is 2.13 bits per heavy atom. The molecule has 0 saturated heterocycles. The molecule has 1 N–H and O–H groups in total. The SMILES string of the molecule is COc1ccc(SC(C)(C)CO)cc1F. The summed E-state index contributed by atoms with van der Waals surface area (Å²) in [6, 6.07) is 4.79. The van der Waals surface area contributed by atoms with Gasteiger partial charge in [0.2, 0.25) is 0 Å². The third-order valence-electron chi connectivity index (χ3n) is 1.90. The molecule has 0 aliphatic carbocycles. The summed E-state index contributed by atoms with van der Waals surface area (Å²) in [5.41, 5.74) is 0. The molecule has 0 fully saturated rings. The topological polar surface area (TPSA) is 29.5 Å². The lowest BCUT2D eigenvalue weighted by Gasteiger charge is -2.20. The Morgan fingerprint density at radius 1 is 1.47 bits per heavy atom. The maximum atomic E-state index is 13.3. The van der Waals surface area contributed by atoms with E-state index in [4.69, 9.17) is 9.84 Å². The van der Waals surface area contributed by atoms with Crippen molar-refractivity contribution in [1.82, 2.24) is 0 Å². The summed E-state index contributed by atoms with van der Waals surface area (Å²) in [6.07, 6.45) is 0. The fourth-order valence-electron chi connectivity index (χ4n) is 1.06. The lowest BCUT2D eigenvalue weighted by molar-refractivity contribution is 0.265. The smallest absolute Gasteiger partial charge is 0.166 e. The van der Waals surface area contributed by atoms with E-state index >= 15 is 0 Å². The number of methoxy groups -OCH3 is 1. The molecule has 0 saturated carbocycles. The summed E-state index contributed by atoms with van der Waals surface area (Å²) < 4.78 is 17.8. The molecule has 0 aliphatic rings. The minimum absolute atomic E-state index is 0.0469. The van der Waals surface area contributed by atoms with Gasteiger partial charge in [-0.05, 0) is 32.0 Å². The van der Waals surface area contributed by atoms with Gasteiger partial charge in [0.25, 0.3) is 0 Å². The van der Waals surface area contributed by atoms with Crippen LogP contribution >= 0.6 is 11.8 Å². The summed E-state index contributed by atoms with van der Waals surface area (Å²) in [5.74, 6) is -0.141. The van der Waals surface area contributed by atoms with E-state index in [1.165, 1.54) is 24.9 Å². The van der Waals surface area contributed by atoms with Crippen LogP contribution in [0.1, 0.15) is 13.8 Å². The van der Waals surface area contributed by atoms with Crippen LogP contribution in [0.3, 0.4) is 0 Å². The van der Waals surface area contributed by atoms with Crippen molar-refractivity contribution in [2.24, 2.45) is 0 Å². The predicted octanol–water partition coefficient (Wildman–Crippen LogP) is 2.70. The molecule has 0 aliphatic heterocycles. The second-order valence-electron chi connectivity index (χ2n) is 3.82. The van der Waals surface area contributed by atoms with Crippen molar-refractivity contribution in [3.63, 3.8) is 0 Å². The van der Waals surface area contributed by atoms with Crippen molar-refractivity contribution in [3.05, 3.63) is 24.0 Å². The third-order valence-corrected chi connectivity index (χ3v) is 3.07. The van der Waals surface area contributed by atoms with Gasteiger partial charge in [-0.1, -0.05) is 0 Å². The van der Waals surface area contributed by atoms with Crippen LogP contribution in [0.2, 0.25) is 0 Å². The average molecular weight is 230 g/mol. The molecule has 0 atom stereocenters. The number of hydrogen-bond donors (Lipinski definition) is 1. The first-order valence-electron chi connectivity index (χ1n) is 4.62. The van der Waals surface area contributed by atoms with E-state index in [1.807, 2.05) is 13.8 Å². The highest BCUT2D eigenvalue weighted by Crippen LogP contribution is 2.33. The summed E-state index contributed by atoms with van der Waals surface area (Å²) >= 11 is 1.43. The Kier molecular flexibility index (Phi) is 3.99. The fourth-order valence-corrected chi connectivity index (χ4v) is 2.06. The van der Waals surface area contributed by atoms with Crippen molar-refractivity contribution in [3.8, 4) is 5.75 Å². The maximum Gasteiger partial charge on any atom is 0.166 e. The largest absolute Gasteiger partial charge is 0.494 e. The number of halogens is 1. The quantitative estimate of drug-likeness (QED) is 0.806. The zero-order chi connectivity index (χ0) is 11.5. The van der Waals surface area contributed by atoms with E-state index in [0.717, 1.165) is 4.90 Å². The van der Waals surface area contributed by atoms with Crippen molar-refractivity contribution in [2.45, 2.75) is 23.5 Å². The number of rotatable bonds is 4. The standard InChI is InChI=1S/C11H15FO2S/c1-11(2,7-13)15-8-4-5-10(14-3)9(12)6-8/h4-6,13H,7H2,1-3H3. The molecule has 0 spiro atoms. The van der Waals surface area contributed by atoms with Crippen molar-refractivity contribution >= 4 is 11.8 Å². The minimum atomic E-state index is -0.378. The molecule has 1 aromatic rings. The molecule has 0 unspecified atom stereocenters. The van der Waals surface area contributed by atoms with Gasteiger partial charge in [0.15, 0.2) is 11.6 Å². The minimum Gasteiger partial charge on any atom is -0.494 e. The number of hydrogen-bond acceptors (Lipinski definition) is 3. The average Bonchev–Trinajstić information content (AvgIpc) is 2.17. The van der Waals surface area contributed by atoms with Gasteiger partial charge in [0.05, 0.1) is 13.7 Å². The van der Waals surface area contributed by atoms with Crippen molar-refractivity contribution in [2.75, 3.05) is 13.7 Å². The first-order chi connectivity index (χ1) is 6.98. The molecule has 0 radical (unpaired) electrons. The van der Waals surface area contributed by atoms with Gasteiger partial charge in [0.1, 0.15) is 0 Å². The van der Waals surface area contributed by atoms with Gasteiger partial charge in [-0.25, -0.2) is 4.39 Å². The molecule has 1 aromatic carbocycles. The first-order valence-corrected chi connectivity index (χ1v) is 5.43. The lowest BCUT2D eigenvalue weighted by Crippen LogP contribution is -2.19. The highest BCUT2D eigenvalue weighted by atomic mass is 32.2.